The van der Waals surface area contributed by atoms with Crippen molar-refractivity contribution in [3.05, 3.63) is 48.3 Å². The van der Waals surface area contributed by atoms with Crippen LogP contribution < -0.4 is 14.2 Å². The molecule has 8 heteroatoms. The Hall–Kier alpha value is -3.29. The van der Waals surface area contributed by atoms with E-state index < -0.39 is 12.1 Å². The topological polar surface area (TPSA) is 87.2 Å². The van der Waals surface area contributed by atoms with Crippen LogP contribution >= 0.6 is 0 Å². The number of amides is 1. The quantitative estimate of drug-likeness (QED) is 0.327. The fraction of sp³-hybridized carbons (Fsp3) is 0.536. The second-order valence-corrected chi connectivity index (χ2v) is 9.54. The van der Waals surface area contributed by atoms with Crippen molar-refractivity contribution in [3.63, 3.8) is 0 Å². The van der Waals surface area contributed by atoms with Gasteiger partial charge in [0.15, 0.2) is 5.75 Å². The first-order chi connectivity index (χ1) is 17.6. The zero-order valence-electron chi connectivity index (χ0n) is 21.0. The van der Waals surface area contributed by atoms with E-state index in [1.54, 1.807) is 4.90 Å². The molecule has 0 radical (unpaired) electrons. The summed E-state index contributed by atoms with van der Waals surface area (Å²) >= 11 is 0. The molecule has 1 aliphatic carbocycles. The number of aromatic nitrogens is 1. The van der Waals surface area contributed by atoms with E-state index in [9.17, 15) is 9.59 Å². The number of carbonyl (C=O) groups excluding carboxylic acids is 2. The van der Waals surface area contributed by atoms with Crippen molar-refractivity contribution in [2.24, 2.45) is 5.92 Å². The van der Waals surface area contributed by atoms with Gasteiger partial charge >= 0.3 is 12.1 Å². The highest BCUT2D eigenvalue weighted by Gasteiger charge is 2.25. The number of carbonyl (C=O) groups is 2. The number of pyridine rings is 1. The highest BCUT2D eigenvalue weighted by Crippen LogP contribution is 2.28. The number of hydrogen-bond acceptors (Lipinski definition) is 7. The Morgan fingerprint density at radius 2 is 1.67 bits per heavy atom. The van der Waals surface area contributed by atoms with Gasteiger partial charge in [0.25, 0.3) is 0 Å². The molecule has 2 aliphatic rings. The van der Waals surface area contributed by atoms with Gasteiger partial charge < -0.3 is 23.8 Å². The minimum atomic E-state index is -0.535. The summed E-state index contributed by atoms with van der Waals surface area (Å²) in [6.07, 6.45) is 13.0. The summed E-state index contributed by atoms with van der Waals surface area (Å²) in [6, 6.07) is 9.24. The Bertz CT molecular complexity index is 982. The second kappa shape index (κ2) is 13.1. The average molecular weight is 497 g/mol. The first kappa shape index (κ1) is 25.8. The molecule has 0 spiro atoms. The lowest BCUT2D eigenvalue weighted by Gasteiger charge is -2.31. The predicted octanol–water partition coefficient (Wildman–Crippen LogP) is 5.65. The Balaban J connectivity index is 1.15. The molecule has 1 aliphatic heterocycles. The van der Waals surface area contributed by atoms with Gasteiger partial charge in [0, 0.05) is 32.1 Å². The number of benzene rings is 1. The van der Waals surface area contributed by atoms with E-state index >= 15 is 0 Å². The summed E-state index contributed by atoms with van der Waals surface area (Å²) in [6.45, 7) is 1.81. The van der Waals surface area contributed by atoms with Crippen LogP contribution in [-0.2, 0) is 4.74 Å². The van der Waals surface area contributed by atoms with E-state index in [-0.39, 0.29) is 17.4 Å². The lowest BCUT2D eigenvalue weighted by molar-refractivity contribution is 0.0599. The maximum Gasteiger partial charge on any atom is 0.415 e. The van der Waals surface area contributed by atoms with E-state index in [1.165, 1.54) is 64.1 Å². The number of ether oxygens (including phenoxy) is 4. The normalized spacial score (nSPS) is 16.9. The van der Waals surface area contributed by atoms with Crippen molar-refractivity contribution in [3.8, 4) is 17.2 Å². The zero-order chi connectivity index (χ0) is 25.2. The first-order valence-corrected chi connectivity index (χ1v) is 13.0. The maximum absolute atomic E-state index is 12.5. The average Bonchev–Trinajstić information content (AvgIpc) is 2.92. The summed E-state index contributed by atoms with van der Waals surface area (Å²) in [5, 5.41) is 0. The van der Waals surface area contributed by atoms with Crippen LogP contribution in [-0.4, -0.2) is 54.9 Å². The van der Waals surface area contributed by atoms with Crippen molar-refractivity contribution in [1.82, 2.24) is 9.88 Å². The monoisotopic (exact) mass is 496 g/mol. The lowest BCUT2D eigenvalue weighted by Crippen LogP contribution is -2.43. The molecule has 4 rings (SSSR count). The molecule has 194 valence electrons. The van der Waals surface area contributed by atoms with Gasteiger partial charge in [0.2, 0.25) is 0 Å². The first-order valence-electron chi connectivity index (χ1n) is 13.0. The van der Waals surface area contributed by atoms with E-state index in [1.807, 2.05) is 24.3 Å². The molecule has 0 atom stereocenters. The van der Waals surface area contributed by atoms with Crippen LogP contribution in [0.5, 0.6) is 17.2 Å². The number of likely N-dealkylation sites (tertiary alicyclic amines) is 1. The van der Waals surface area contributed by atoms with Crippen molar-refractivity contribution in [2.75, 3.05) is 26.8 Å². The van der Waals surface area contributed by atoms with Crippen molar-refractivity contribution in [1.29, 1.82) is 0 Å². The third kappa shape index (κ3) is 7.60. The molecule has 2 heterocycles. The van der Waals surface area contributed by atoms with Crippen molar-refractivity contribution < 1.29 is 28.5 Å². The maximum atomic E-state index is 12.5. The van der Waals surface area contributed by atoms with Crippen LogP contribution in [0.3, 0.4) is 0 Å². The fourth-order valence-electron chi connectivity index (χ4n) is 4.87. The van der Waals surface area contributed by atoms with Crippen molar-refractivity contribution >= 4 is 12.1 Å². The number of rotatable bonds is 9. The Kier molecular flexibility index (Phi) is 9.41. The highest BCUT2D eigenvalue weighted by molar-refractivity contribution is 5.89. The molecule has 36 heavy (non-hydrogen) atoms. The minimum absolute atomic E-state index is 0.0284. The lowest BCUT2D eigenvalue weighted by atomic mass is 9.86. The molecule has 1 saturated carbocycles. The molecule has 1 aromatic carbocycles. The minimum Gasteiger partial charge on any atom is -0.494 e. The van der Waals surface area contributed by atoms with Crippen LogP contribution in [0.2, 0.25) is 0 Å². The molecule has 8 nitrogen and oxygen atoms in total. The molecule has 1 saturated heterocycles. The van der Waals surface area contributed by atoms with E-state index in [4.69, 9.17) is 14.2 Å². The Labute approximate surface area is 212 Å². The van der Waals surface area contributed by atoms with Gasteiger partial charge in [-0.1, -0.05) is 32.1 Å². The SMILES string of the molecule is COC(=O)c1cncc(OC(=O)N2CCC(Oc3ccc(OCCCC4CCCCC4)cc3)CC2)c1. The summed E-state index contributed by atoms with van der Waals surface area (Å²) in [5.74, 6) is 2.23. The summed E-state index contributed by atoms with van der Waals surface area (Å²) in [5.41, 5.74) is 0.228. The zero-order valence-corrected chi connectivity index (χ0v) is 21.0. The number of nitrogens with zero attached hydrogens (tertiary/aromatic N) is 2. The number of piperidine rings is 1. The molecule has 2 aromatic rings. The van der Waals surface area contributed by atoms with E-state index in [2.05, 4.69) is 9.72 Å². The second-order valence-electron chi connectivity index (χ2n) is 9.54. The van der Waals surface area contributed by atoms with E-state index in [0.717, 1.165) is 30.4 Å². The van der Waals surface area contributed by atoms with Gasteiger partial charge in [-0.05, 0) is 49.1 Å². The Morgan fingerprint density at radius 1 is 0.944 bits per heavy atom. The summed E-state index contributed by atoms with van der Waals surface area (Å²) in [7, 11) is 1.29. The van der Waals surface area contributed by atoms with Crippen LogP contribution in [0.4, 0.5) is 4.79 Å². The van der Waals surface area contributed by atoms with Gasteiger partial charge in [-0.2, -0.15) is 0 Å². The highest BCUT2D eigenvalue weighted by atomic mass is 16.6. The number of esters is 1. The fourth-order valence-corrected chi connectivity index (χ4v) is 4.87. The van der Waals surface area contributed by atoms with Gasteiger partial charge in [-0.25, -0.2) is 9.59 Å². The summed E-state index contributed by atoms with van der Waals surface area (Å²) < 4.78 is 22.1. The number of methoxy groups -OCH3 is 1. The van der Waals surface area contributed by atoms with Gasteiger partial charge in [-0.15, -0.1) is 0 Å². The predicted molar refractivity (Wildman–Crippen MR) is 135 cm³/mol. The van der Waals surface area contributed by atoms with Gasteiger partial charge in [0.1, 0.15) is 17.6 Å². The van der Waals surface area contributed by atoms with Crippen LogP contribution in [0.25, 0.3) is 0 Å². The smallest absolute Gasteiger partial charge is 0.415 e. The van der Waals surface area contributed by atoms with Crippen LogP contribution in [0.1, 0.15) is 68.1 Å². The van der Waals surface area contributed by atoms with Crippen LogP contribution in [0, 0.1) is 5.92 Å². The molecular weight excluding hydrogens is 460 g/mol. The van der Waals surface area contributed by atoms with Gasteiger partial charge in [0.05, 0.1) is 25.5 Å². The molecule has 1 aromatic heterocycles. The van der Waals surface area contributed by atoms with E-state index in [0.29, 0.717) is 25.9 Å². The standard InChI is InChI=1S/C28H36N2O6/c1-33-27(31)22-18-26(20-29-19-22)36-28(32)30-15-13-25(14-16-30)35-24-11-9-23(10-12-24)34-17-5-8-21-6-3-2-4-7-21/h9-12,18-21,25H,2-8,13-17H2,1H3. The Morgan fingerprint density at radius 3 is 2.39 bits per heavy atom. The third-order valence-electron chi connectivity index (χ3n) is 6.92. The molecular formula is C28H36N2O6. The largest absolute Gasteiger partial charge is 0.494 e. The summed E-state index contributed by atoms with van der Waals surface area (Å²) in [4.78, 5) is 29.7. The molecule has 0 unspecified atom stereocenters. The molecule has 2 fully saturated rings. The molecule has 0 N–H and O–H groups in total. The third-order valence-corrected chi connectivity index (χ3v) is 6.92. The van der Waals surface area contributed by atoms with Gasteiger partial charge in [-0.3, -0.25) is 4.98 Å². The number of hydrogen-bond donors (Lipinski definition) is 0. The van der Waals surface area contributed by atoms with Crippen LogP contribution in [0.15, 0.2) is 42.7 Å². The molecule has 1 amide bonds. The van der Waals surface area contributed by atoms with Crippen molar-refractivity contribution in [2.45, 2.75) is 63.9 Å². The molecule has 0 bridgehead atoms.